The third kappa shape index (κ3) is 4.01. The lowest BCUT2D eigenvalue weighted by atomic mass is 10.3. The van der Waals surface area contributed by atoms with Crippen LogP contribution in [0, 0.1) is 0 Å². The molecule has 1 fully saturated rings. The number of piperazine rings is 1. The summed E-state index contributed by atoms with van der Waals surface area (Å²) in [5.41, 5.74) is 0. The summed E-state index contributed by atoms with van der Waals surface area (Å²) in [5, 5.41) is 4.35. The van der Waals surface area contributed by atoms with Gasteiger partial charge in [-0.05, 0) is 20.4 Å². The Hall–Kier alpha value is -0.980. The molecule has 0 aromatic carbocycles. The van der Waals surface area contributed by atoms with E-state index < -0.39 is 0 Å². The SMILES string of the molecule is CCc1cnc(C(C)NCC(=O)N2CCN(C)CC2)s1. The van der Waals surface area contributed by atoms with Crippen LogP contribution in [0.4, 0.5) is 0 Å². The number of amides is 1. The van der Waals surface area contributed by atoms with Gasteiger partial charge in [0.2, 0.25) is 5.91 Å². The highest BCUT2D eigenvalue weighted by Crippen LogP contribution is 2.19. The van der Waals surface area contributed by atoms with Crippen molar-refractivity contribution in [3.8, 4) is 0 Å². The molecule has 0 spiro atoms. The van der Waals surface area contributed by atoms with Crippen molar-refractivity contribution in [1.82, 2.24) is 20.1 Å². The minimum atomic E-state index is 0.136. The number of rotatable bonds is 5. The van der Waals surface area contributed by atoms with Gasteiger partial charge in [0.1, 0.15) is 5.01 Å². The maximum atomic E-state index is 12.1. The van der Waals surface area contributed by atoms with E-state index in [0.717, 1.165) is 37.6 Å². The molecule has 0 aliphatic carbocycles. The minimum absolute atomic E-state index is 0.136. The zero-order chi connectivity index (χ0) is 14.5. The lowest BCUT2D eigenvalue weighted by Gasteiger charge is -2.32. The van der Waals surface area contributed by atoms with Gasteiger partial charge in [-0.1, -0.05) is 6.92 Å². The maximum absolute atomic E-state index is 12.1. The Morgan fingerprint density at radius 3 is 2.75 bits per heavy atom. The lowest BCUT2D eigenvalue weighted by molar-refractivity contribution is -0.131. The highest BCUT2D eigenvalue weighted by atomic mass is 32.1. The molecule has 1 atom stereocenters. The minimum Gasteiger partial charge on any atom is -0.339 e. The molecule has 0 radical (unpaired) electrons. The van der Waals surface area contributed by atoms with Crippen molar-refractivity contribution in [2.75, 3.05) is 39.8 Å². The van der Waals surface area contributed by atoms with E-state index in [2.05, 4.69) is 36.1 Å². The van der Waals surface area contributed by atoms with Crippen LogP contribution in [0.5, 0.6) is 0 Å². The van der Waals surface area contributed by atoms with Crippen LogP contribution < -0.4 is 5.32 Å². The zero-order valence-corrected chi connectivity index (χ0v) is 13.4. The molecule has 5 nitrogen and oxygen atoms in total. The standard InChI is InChI=1S/C14H24N4OS/c1-4-12-9-16-14(20-12)11(2)15-10-13(19)18-7-5-17(3)6-8-18/h9,11,15H,4-8,10H2,1-3H3. The fourth-order valence-electron chi connectivity index (χ4n) is 2.18. The average molecular weight is 296 g/mol. The number of carbonyl (C=O) groups excluding carboxylic acids is 1. The van der Waals surface area contributed by atoms with Gasteiger partial charge in [0.05, 0.1) is 12.6 Å². The number of thiazole rings is 1. The van der Waals surface area contributed by atoms with E-state index in [-0.39, 0.29) is 11.9 Å². The Balaban J connectivity index is 1.77. The number of likely N-dealkylation sites (N-methyl/N-ethyl adjacent to an activating group) is 1. The van der Waals surface area contributed by atoms with Gasteiger partial charge in [0.25, 0.3) is 0 Å². The van der Waals surface area contributed by atoms with Crippen LogP contribution in [-0.2, 0) is 11.2 Å². The normalized spacial score (nSPS) is 18.2. The monoisotopic (exact) mass is 296 g/mol. The van der Waals surface area contributed by atoms with E-state index in [4.69, 9.17) is 0 Å². The van der Waals surface area contributed by atoms with Crippen LogP contribution in [0.1, 0.15) is 29.8 Å². The Morgan fingerprint density at radius 2 is 2.15 bits per heavy atom. The van der Waals surface area contributed by atoms with Crippen LogP contribution in [-0.4, -0.2) is 60.5 Å². The van der Waals surface area contributed by atoms with Crippen molar-refractivity contribution in [2.45, 2.75) is 26.3 Å². The van der Waals surface area contributed by atoms with E-state index >= 15 is 0 Å². The molecule has 2 rings (SSSR count). The summed E-state index contributed by atoms with van der Waals surface area (Å²) >= 11 is 1.72. The first-order chi connectivity index (χ1) is 9.60. The maximum Gasteiger partial charge on any atom is 0.236 e. The first kappa shape index (κ1) is 15.4. The molecule has 112 valence electrons. The predicted molar refractivity (Wildman–Crippen MR) is 82.0 cm³/mol. The van der Waals surface area contributed by atoms with Crippen molar-refractivity contribution >= 4 is 17.2 Å². The number of carbonyl (C=O) groups is 1. The average Bonchev–Trinajstić information content (AvgIpc) is 2.94. The molecule has 1 unspecified atom stereocenters. The van der Waals surface area contributed by atoms with Gasteiger partial charge in [-0.15, -0.1) is 11.3 Å². The second kappa shape index (κ2) is 7.15. The molecular formula is C14H24N4OS. The molecule has 1 aromatic rings. The van der Waals surface area contributed by atoms with Gasteiger partial charge in [-0.3, -0.25) is 10.1 Å². The predicted octanol–water partition coefficient (Wildman–Crippen LogP) is 1.13. The molecule has 1 aliphatic rings. The van der Waals surface area contributed by atoms with Crippen molar-refractivity contribution < 1.29 is 4.79 Å². The topological polar surface area (TPSA) is 48.5 Å². The number of hydrogen-bond acceptors (Lipinski definition) is 5. The fourth-order valence-corrected chi connectivity index (χ4v) is 3.07. The summed E-state index contributed by atoms with van der Waals surface area (Å²) in [6, 6.07) is 0.136. The Morgan fingerprint density at radius 1 is 1.45 bits per heavy atom. The van der Waals surface area contributed by atoms with Crippen LogP contribution in [0.3, 0.4) is 0 Å². The number of aryl methyl sites for hydroxylation is 1. The molecule has 1 aromatic heterocycles. The van der Waals surface area contributed by atoms with Crippen molar-refractivity contribution in [3.05, 3.63) is 16.1 Å². The van der Waals surface area contributed by atoms with Gasteiger partial charge in [-0.2, -0.15) is 0 Å². The van der Waals surface area contributed by atoms with E-state index in [9.17, 15) is 4.79 Å². The van der Waals surface area contributed by atoms with Crippen LogP contribution in [0.2, 0.25) is 0 Å². The summed E-state index contributed by atoms with van der Waals surface area (Å²) < 4.78 is 0. The summed E-state index contributed by atoms with van der Waals surface area (Å²) in [7, 11) is 2.09. The number of hydrogen-bond donors (Lipinski definition) is 1. The van der Waals surface area contributed by atoms with Crippen molar-refractivity contribution in [1.29, 1.82) is 0 Å². The van der Waals surface area contributed by atoms with Crippen LogP contribution in [0.25, 0.3) is 0 Å². The van der Waals surface area contributed by atoms with Crippen LogP contribution in [0.15, 0.2) is 6.20 Å². The van der Waals surface area contributed by atoms with E-state index in [1.165, 1.54) is 4.88 Å². The summed E-state index contributed by atoms with van der Waals surface area (Å²) in [6.07, 6.45) is 2.95. The second-order valence-electron chi connectivity index (χ2n) is 5.31. The van der Waals surface area contributed by atoms with Gasteiger partial charge in [0, 0.05) is 37.3 Å². The quantitative estimate of drug-likeness (QED) is 0.885. The smallest absolute Gasteiger partial charge is 0.236 e. The summed E-state index contributed by atoms with van der Waals surface area (Å²) in [6.45, 7) is 8.19. The number of nitrogens with zero attached hydrogens (tertiary/aromatic N) is 3. The molecular weight excluding hydrogens is 272 g/mol. The molecule has 0 bridgehead atoms. The molecule has 0 saturated carbocycles. The summed E-state index contributed by atoms with van der Waals surface area (Å²) in [4.78, 5) is 22.0. The molecule has 1 saturated heterocycles. The van der Waals surface area contributed by atoms with E-state index in [0.29, 0.717) is 6.54 Å². The Kier molecular flexibility index (Phi) is 5.51. The highest BCUT2D eigenvalue weighted by Gasteiger charge is 2.19. The molecule has 1 amide bonds. The highest BCUT2D eigenvalue weighted by molar-refractivity contribution is 7.11. The van der Waals surface area contributed by atoms with Gasteiger partial charge in [0.15, 0.2) is 0 Å². The third-order valence-corrected chi connectivity index (χ3v) is 5.03. The van der Waals surface area contributed by atoms with E-state index in [1.54, 1.807) is 11.3 Å². The number of nitrogens with one attached hydrogen (secondary N) is 1. The molecule has 1 aliphatic heterocycles. The number of aromatic nitrogens is 1. The second-order valence-corrected chi connectivity index (χ2v) is 6.45. The van der Waals surface area contributed by atoms with Crippen LogP contribution >= 0.6 is 11.3 Å². The molecule has 6 heteroatoms. The van der Waals surface area contributed by atoms with Gasteiger partial charge >= 0.3 is 0 Å². The molecule has 1 N–H and O–H groups in total. The van der Waals surface area contributed by atoms with Gasteiger partial charge in [-0.25, -0.2) is 4.98 Å². The van der Waals surface area contributed by atoms with Gasteiger partial charge < -0.3 is 9.80 Å². The van der Waals surface area contributed by atoms with Crippen molar-refractivity contribution in [2.24, 2.45) is 0 Å². The summed E-state index contributed by atoms with van der Waals surface area (Å²) in [5.74, 6) is 0.192. The van der Waals surface area contributed by atoms with E-state index in [1.807, 2.05) is 11.1 Å². The first-order valence-corrected chi connectivity index (χ1v) is 8.06. The third-order valence-electron chi connectivity index (χ3n) is 3.71. The molecule has 20 heavy (non-hydrogen) atoms. The lowest BCUT2D eigenvalue weighted by Crippen LogP contribution is -2.49. The Bertz CT molecular complexity index is 440. The zero-order valence-electron chi connectivity index (χ0n) is 12.6. The Labute approximate surface area is 125 Å². The van der Waals surface area contributed by atoms with Crippen molar-refractivity contribution in [3.63, 3.8) is 0 Å². The fraction of sp³-hybridized carbons (Fsp3) is 0.714. The first-order valence-electron chi connectivity index (χ1n) is 7.24. The largest absolute Gasteiger partial charge is 0.339 e. The molecule has 2 heterocycles.